The molecule has 0 aliphatic carbocycles. The highest BCUT2D eigenvalue weighted by Crippen LogP contribution is 2.41. The summed E-state index contributed by atoms with van der Waals surface area (Å²) >= 11 is 9.13. The highest BCUT2D eigenvalue weighted by atomic mass is 79.9. The van der Waals surface area contributed by atoms with Gasteiger partial charge < -0.3 is 14.6 Å². The highest BCUT2D eigenvalue weighted by Gasteiger charge is 2.41. The molecule has 160 valence electrons. The van der Waals surface area contributed by atoms with Crippen molar-refractivity contribution in [3.8, 4) is 11.3 Å². The van der Waals surface area contributed by atoms with E-state index in [0.29, 0.717) is 21.9 Å². The first kappa shape index (κ1) is 20.8. The van der Waals surface area contributed by atoms with Crippen LogP contribution in [0, 0.1) is 5.82 Å². The van der Waals surface area contributed by atoms with Gasteiger partial charge in [0.25, 0.3) is 0 Å². The van der Waals surface area contributed by atoms with Crippen molar-refractivity contribution in [2.45, 2.75) is 18.6 Å². The van der Waals surface area contributed by atoms with E-state index in [2.05, 4.69) is 36.1 Å². The molecule has 0 saturated carbocycles. The number of nitrogens with zero attached hydrogens (tertiary/aromatic N) is 3. The average Bonchev–Trinajstić information content (AvgIpc) is 3.40. The lowest BCUT2D eigenvalue weighted by molar-refractivity contribution is 0.267. The van der Waals surface area contributed by atoms with Crippen LogP contribution in [-0.2, 0) is 6.54 Å². The Morgan fingerprint density at radius 2 is 1.84 bits per heavy atom. The van der Waals surface area contributed by atoms with Crippen LogP contribution in [0.3, 0.4) is 0 Å². The number of benzene rings is 1. The van der Waals surface area contributed by atoms with Gasteiger partial charge in [-0.15, -0.1) is 0 Å². The monoisotopic (exact) mass is 508 g/mol. The van der Waals surface area contributed by atoms with Crippen molar-refractivity contribution in [2.75, 3.05) is 0 Å². The van der Waals surface area contributed by atoms with Gasteiger partial charge in [-0.3, -0.25) is 9.97 Å². The number of hydrogen-bond acceptors (Lipinski definition) is 4. The molecule has 1 aromatic carbocycles. The molecule has 2 unspecified atom stereocenters. The summed E-state index contributed by atoms with van der Waals surface area (Å²) in [5.41, 5.74) is 2.54. The zero-order chi connectivity index (χ0) is 22.1. The second kappa shape index (κ2) is 8.80. The molecular weight excluding hydrogens is 491 g/mol. The maximum absolute atomic E-state index is 13.6. The molecule has 4 heterocycles. The minimum atomic E-state index is -0.311. The molecule has 1 fully saturated rings. The van der Waals surface area contributed by atoms with E-state index in [9.17, 15) is 4.39 Å². The molecule has 8 heteroatoms. The molecule has 0 spiro atoms. The van der Waals surface area contributed by atoms with Crippen LogP contribution in [-0.4, -0.2) is 20.0 Å². The van der Waals surface area contributed by atoms with E-state index in [1.807, 2.05) is 48.5 Å². The lowest BCUT2D eigenvalue weighted by atomic mass is 10.0. The highest BCUT2D eigenvalue weighted by molar-refractivity contribution is 9.10. The number of nitrogens with one attached hydrogen (secondary N) is 1. The van der Waals surface area contributed by atoms with E-state index in [0.717, 1.165) is 22.7 Å². The van der Waals surface area contributed by atoms with Gasteiger partial charge in [-0.05, 0) is 82.7 Å². The second-order valence-electron chi connectivity index (χ2n) is 7.40. The van der Waals surface area contributed by atoms with Crippen molar-refractivity contribution in [1.82, 2.24) is 20.2 Å². The van der Waals surface area contributed by atoms with E-state index in [-0.39, 0.29) is 17.9 Å². The van der Waals surface area contributed by atoms with Crippen molar-refractivity contribution in [2.24, 2.45) is 0 Å². The van der Waals surface area contributed by atoms with Gasteiger partial charge in [0.2, 0.25) is 0 Å². The largest absolute Gasteiger partial charge is 0.459 e. The molecule has 1 N–H and O–H groups in total. The summed E-state index contributed by atoms with van der Waals surface area (Å²) in [4.78, 5) is 11.1. The quantitative estimate of drug-likeness (QED) is 0.343. The van der Waals surface area contributed by atoms with Crippen LogP contribution in [0.5, 0.6) is 0 Å². The van der Waals surface area contributed by atoms with E-state index in [4.69, 9.17) is 16.6 Å². The molecule has 5 rings (SSSR count). The Morgan fingerprint density at radius 3 is 2.56 bits per heavy atom. The number of aromatic nitrogens is 2. The lowest BCUT2D eigenvalue weighted by Gasteiger charge is -2.25. The molecule has 1 aliphatic rings. The first-order chi connectivity index (χ1) is 15.6. The van der Waals surface area contributed by atoms with Crippen LogP contribution in [0.1, 0.15) is 29.2 Å². The van der Waals surface area contributed by atoms with Crippen LogP contribution in [0.4, 0.5) is 4.39 Å². The molecule has 5 nitrogen and oxygen atoms in total. The molecule has 2 atom stereocenters. The minimum Gasteiger partial charge on any atom is -0.459 e. The molecule has 0 bridgehead atoms. The zero-order valence-electron chi connectivity index (χ0n) is 16.8. The lowest BCUT2D eigenvalue weighted by Crippen LogP contribution is -2.29. The summed E-state index contributed by atoms with van der Waals surface area (Å²) < 4.78 is 20.5. The number of rotatable bonds is 5. The van der Waals surface area contributed by atoms with Gasteiger partial charge in [-0.1, -0.05) is 12.1 Å². The topological polar surface area (TPSA) is 54.2 Å². The van der Waals surface area contributed by atoms with Crippen LogP contribution in [0.25, 0.3) is 11.3 Å². The maximum Gasteiger partial charge on any atom is 0.170 e. The Bertz CT molecular complexity index is 1250. The molecule has 3 aromatic heterocycles. The van der Waals surface area contributed by atoms with E-state index >= 15 is 0 Å². The van der Waals surface area contributed by atoms with Crippen LogP contribution in [0.2, 0.25) is 0 Å². The summed E-state index contributed by atoms with van der Waals surface area (Å²) in [7, 11) is 0. The summed E-state index contributed by atoms with van der Waals surface area (Å²) in [6.07, 6.45) is 3.53. The van der Waals surface area contributed by atoms with Gasteiger partial charge in [0, 0.05) is 22.4 Å². The van der Waals surface area contributed by atoms with Gasteiger partial charge >= 0.3 is 0 Å². The number of pyridine rings is 2. The van der Waals surface area contributed by atoms with E-state index in [1.54, 1.807) is 18.5 Å². The first-order valence-electron chi connectivity index (χ1n) is 10.0. The standard InChI is InChI=1S/C24H18BrFN4OS/c25-18-13-15(26)7-8-17(18)20-9-10-21(31-20)23-22(19-6-2-4-12-28-19)29-24(32)30(23)14-16-5-1-3-11-27-16/h1-13,22-23H,14H2,(H,29,32). The molecule has 4 aromatic rings. The van der Waals surface area contributed by atoms with Crippen LogP contribution in [0.15, 0.2) is 88.0 Å². The fourth-order valence-electron chi connectivity index (χ4n) is 3.90. The first-order valence-corrected chi connectivity index (χ1v) is 11.2. The van der Waals surface area contributed by atoms with Crippen molar-refractivity contribution < 1.29 is 8.81 Å². The number of hydrogen-bond donors (Lipinski definition) is 1. The zero-order valence-corrected chi connectivity index (χ0v) is 19.2. The molecule has 1 aliphatic heterocycles. The Labute approximate surface area is 198 Å². The Morgan fingerprint density at radius 1 is 1.03 bits per heavy atom. The summed E-state index contributed by atoms with van der Waals surface area (Å²) in [6, 6.07) is 19.6. The Hall–Kier alpha value is -3.10. The van der Waals surface area contributed by atoms with Crippen molar-refractivity contribution in [3.05, 3.63) is 107 Å². The number of halogens is 2. The van der Waals surface area contributed by atoms with Crippen molar-refractivity contribution >= 4 is 33.3 Å². The SMILES string of the molecule is Fc1ccc(-c2ccc(C3C(c4ccccn4)NC(=S)N3Cc3ccccn3)o2)c(Br)c1. The Balaban J connectivity index is 1.55. The van der Waals surface area contributed by atoms with Crippen LogP contribution < -0.4 is 5.32 Å². The fourth-order valence-corrected chi connectivity index (χ4v) is 4.75. The van der Waals surface area contributed by atoms with Crippen LogP contribution >= 0.6 is 28.1 Å². The molecule has 1 saturated heterocycles. The van der Waals surface area contributed by atoms with E-state index in [1.165, 1.54) is 12.1 Å². The second-order valence-corrected chi connectivity index (χ2v) is 8.64. The fraction of sp³-hybridized carbons (Fsp3) is 0.125. The molecule has 0 amide bonds. The predicted octanol–water partition coefficient (Wildman–Crippen LogP) is 5.81. The third kappa shape index (κ3) is 4.03. The third-order valence-corrected chi connectivity index (χ3v) is 6.38. The van der Waals surface area contributed by atoms with E-state index < -0.39 is 0 Å². The molecule has 32 heavy (non-hydrogen) atoms. The smallest absolute Gasteiger partial charge is 0.170 e. The van der Waals surface area contributed by atoms with Crippen molar-refractivity contribution in [3.63, 3.8) is 0 Å². The average molecular weight is 509 g/mol. The van der Waals surface area contributed by atoms with Gasteiger partial charge in [-0.25, -0.2) is 4.39 Å². The Kier molecular flexibility index (Phi) is 5.71. The van der Waals surface area contributed by atoms with Gasteiger partial charge in [0.15, 0.2) is 5.11 Å². The number of furan rings is 1. The van der Waals surface area contributed by atoms with Gasteiger partial charge in [-0.2, -0.15) is 0 Å². The maximum atomic E-state index is 13.6. The predicted molar refractivity (Wildman–Crippen MR) is 127 cm³/mol. The summed E-state index contributed by atoms with van der Waals surface area (Å²) in [5, 5.41) is 4.01. The molecular formula is C24H18BrFN4OS. The molecule has 0 radical (unpaired) electrons. The summed E-state index contributed by atoms with van der Waals surface area (Å²) in [6.45, 7) is 0.525. The minimum absolute atomic E-state index is 0.192. The normalized spacial score (nSPS) is 18.1. The summed E-state index contributed by atoms with van der Waals surface area (Å²) in [5.74, 6) is 1.06. The van der Waals surface area contributed by atoms with Crippen molar-refractivity contribution in [1.29, 1.82) is 0 Å². The number of thiocarbonyl (C=S) groups is 1. The third-order valence-electron chi connectivity index (χ3n) is 5.37. The van der Waals surface area contributed by atoms with Gasteiger partial charge in [0.05, 0.1) is 24.0 Å². The van der Waals surface area contributed by atoms with Gasteiger partial charge in [0.1, 0.15) is 23.4 Å².